The van der Waals surface area contributed by atoms with Gasteiger partial charge in [0.1, 0.15) is 0 Å². The summed E-state index contributed by atoms with van der Waals surface area (Å²) in [6.45, 7) is 0.799. The highest BCUT2D eigenvalue weighted by Crippen LogP contribution is 2.19. The minimum atomic E-state index is -0.132. The Kier molecular flexibility index (Phi) is 4.60. The van der Waals surface area contributed by atoms with Crippen molar-refractivity contribution in [2.75, 3.05) is 24.6 Å². The highest BCUT2D eigenvalue weighted by Gasteiger charge is 2.06. The normalized spacial score (nSPS) is 10.1. The van der Waals surface area contributed by atoms with Gasteiger partial charge in [0.15, 0.2) is 0 Å². The highest BCUT2D eigenvalue weighted by atomic mass is 16.1. The predicted molar refractivity (Wildman–Crippen MR) is 82.9 cm³/mol. The number of hydrogen-bond donors (Lipinski definition) is 3. The molecule has 0 aliphatic rings. The maximum Gasteiger partial charge on any atom is 0.251 e. The number of nitrogens with one attached hydrogen (secondary N) is 2. The van der Waals surface area contributed by atoms with Crippen LogP contribution in [0.5, 0.6) is 0 Å². The Balaban J connectivity index is 1.95. The summed E-state index contributed by atoms with van der Waals surface area (Å²) in [6, 6.07) is 15.5. The lowest BCUT2D eigenvalue weighted by molar-refractivity contribution is 0.0963. The van der Waals surface area contributed by atoms with E-state index in [1.54, 1.807) is 19.2 Å². The Labute approximate surface area is 119 Å². The van der Waals surface area contributed by atoms with Crippen LogP contribution in [0.4, 0.5) is 11.4 Å². The van der Waals surface area contributed by atoms with E-state index < -0.39 is 0 Å². The van der Waals surface area contributed by atoms with Gasteiger partial charge in [-0.05, 0) is 30.2 Å². The van der Waals surface area contributed by atoms with Gasteiger partial charge >= 0.3 is 0 Å². The van der Waals surface area contributed by atoms with Crippen LogP contribution in [0, 0.1) is 0 Å². The van der Waals surface area contributed by atoms with Crippen molar-refractivity contribution in [2.45, 2.75) is 6.42 Å². The smallest absolute Gasteiger partial charge is 0.251 e. The molecule has 0 atom stereocenters. The molecule has 0 radical (unpaired) electrons. The molecular weight excluding hydrogens is 250 g/mol. The van der Waals surface area contributed by atoms with Gasteiger partial charge in [-0.2, -0.15) is 0 Å². The zero-order valence-corrected chi connectivity index (χ0v) is 11.5. The molecule has 1 amide bonds. The van der Waals surface area contributed by atoms with Crippen LogP contribution in [0.1, 0.15) is 15.9 Å². The van der Waals surface area contributed by atoms with E-state index in [-0.39, 0.29) is 5.91 Å². The molecule has 104 valence electrons. The minimum Gasteiger partial charge on any atom is -0.397 e. The molecule has 0 bridgehead atoms. The number of rotatable bonds is 5. The van der Waals surface area contributed by atoms with Gasteiger partial charge in [0.25, 0.3) is 5.91 Å². The molecule has 20 heavy (non-hydrogen) atoms. The van der Waals surface area contributed by atoms with E-state index in [9.17, 15) is 4.79 Å². The van der Waals surface area contributed by atoms with Gasteiger partial charge in [-0.3, -0.25) is 4.79 Å². The largest absolute Gasteiger partial charge is 0.397 e. The summed E-state index contributed by atoms with van der Waals surface area (Å²) in [5.41, 5.74) is 9.24. The van der Waals surface area contributed by atoms with Crippen molar-refractivity contribution in [1.29, 1.82) is 0 Å². The third-order valence-electron chi connectivity index (χ3n) is 3.11. The fraction of sp³-hybridized carbons (Fsp3) is 0.188. The average Bonchev–Trinajstić information content (AvgIpc) is 2.49. The molecule has 0 spiro atoms. The Morgan fingerprint density at radius 3 is 2.55 bits per heavy atom. The zero-order valence-electron chi connectivity index (χ0n) is 11.5. The first-order valence-corrected chi connectivity index (χ1v) is 6.60. The van der Waals surface area contributed by atoms with Gasteiger partial charge in [0, 0.05) is 19.2 Å². The number of amides is 1. The third-order valence-corrected chi connectivity index (χ3v) is 3.11. The maximum absolute atomic E-state index is 11.5. The molecule has 0 unspecified atom stereocenters. The highest BCUT2D eigenvalue weighted by molar-refractivity contribution is 5.95. The van der Waals surface area contributed by atoms with E-state index in [0.29, 0.717) is 11.3 Å². The quantitative estimate of drug-likeness (QED) is 0.729. The predicted octanol–water partition coefficient (Wildman–Crippen LogP) is 2.28. The third kappa shape index (κ3) is 3.51. The van der Waals surface area contributed by atoms with Crippen molar-refractivity contribution in [1.82, 2.24) is 5.32 Å². The first kappa shape index (κ1) is 13.9. The number of nitrogen functional groups attached to an aromatic ring is 1. The van der Waals surface area contributed by atoms with Crippen LogP contribution >= 0.6 is 0 Å². The lowest BCUT2D eigenvalue weighted by Gasteiger charge is -2.10. The van der Waals surface area contributed by atoms with Crippen LogP contribution in [-0.2, 0) is 6.42 Å². The molecule has 0 saturated heterocycles. The maximum atomic E-state index is 11.5. The second-order valence-electron chi connectivity index (χ2n) is 4.54. The van der Waals surface area contributed by atoms with Crippen LogP contribution in [0.2, 0.25) is 0 Å². The first-order chi connectivity index (χ1) is 9.70. The summed E-state index contributed by atoms with van der Waals surface area (Å²) in [6.07, 6.45) is 0.928. The van der Waals surface area contributed by atoms with E-state index in [2.05, 4.69) is 22.8 Å². The van der Waals surface area contributed by atoms with Gasteiger partial charge in [0.05, 0.1) is 11.4 Å². The van der Waals surface area contributed by atoms with E-state index in [1.165, 1.54) is 5.56 Å². The molecule has 2 rings (SSSR count). The number of benzene rings is 2. The summed E-state index contributed by atoms with van der Waals surface area (Å²) >= 11 is 0. The van der Waals surface area contributed by atoms with Crippen molar-refractivity contribution < 1.29 is 4.79 Å². The second-order valence-corrected chi connectivity index (χ2v) is 4.54. The molecule has 0 aliphatic heterocycles. The molecule has 2 aromatic rings. The lowest BCUT2D eigenvalue weighted by atomic mass is 10.1. The Morgan fingerprint density at radius 2 is 1.90 bits per heavy atom. The number of carbonyl (C=O) groups excluding carboxylic acids is 1. The monoisotopic (exact) mass is 269 g/mol. The molecule has 4 nitrogen and oxygen atoms in total. The van der Waals surface area contributed by atoms with Crippen LogP contribution in [0.25, 0.3) is 0 Å². The van der Waals surface area contributed by atoms with Crippen LogP contribution in [0.3, 0.4) is 0 Å². The molecule has 0 heterocycles. The van der Waals surface area contributed by atoms with Gasteiger partial charge < -0.3 is 16.4 Å². The van der Waals surface area contributed by atoms with Gasteiger partial charge in [-0.1, -0.05) is 30.3 Å². The summed E-state index contributed by atoms with van der Waals surface area (Å²) < 4.78 is 0. The minimum absolute atomic E-state index is 0.132. The number of hydrogen-bond acceptors (Lipinski definition) is 3. The molecule has 0 saturated carbocycles. The fourth-order valence-corrected chi connectivity index (χ4v) is 2.00. The van der Waals surface area contributed by atoms with E-state index >= 15 is 0 Å². The van der Waals surface area contributed by atoms with E-state index in [0.717, 1.165) is 18.7 Å². The zero-order chi connectivity index (χ0) is 14.4. The Morgan fingerprint density at radius 1 is 1.15 bits per heavy atom. The van der Waals surface area contributed by atoms with Gasteiger partial charge in [0.2, 0.25) is 0 Å². The summed E-state index contributed by atoms with van der Waals surface area (Å²) in [7, 11) is 1.60. The van der Waals surface area contributed by atoms with E-state index in [1.807, 2.05) is 24.3 Å². The Bertz CT molecular complexity index is 582. The molecule has 0 aromatic heterocycles. The summed E-state index contributed by atoms with van der Waals surface area (Å²) in [5.74, 6) is -0.132. The lowest BCUT2D eigenvalue weighted by Crippen LogP contribution is -2.18. The number of carbonyl (C=O) groups is 1. The molecular formula is C16H19N3O. The van der Waals surface area contributed by atoms with Crippen LogP contribution in [0.15, 0.2) is 48.5 Å². The SMILES string of the molecule is CNC(=O)c1ccc(NCCc2ccccc2)c(N)c1. The van der Waals surface area contributed by atoms with Crippen LogP contribution < -0.4 is 16.4 Å². The Hall–Kier alpha value is -2.49. The molecule has 4 N–H and O–H groups in total. The van der Waals surface area contributed by atoms with Crippen molar-refractivity contribution >= 4 is 17.3 Å². The van der Waals surface area contributed by atoms with Crippen molar-refractivity contribution in [3.63, 3.8) is 0 Å². The molecule has 2 aromatic carbocycles. The molecule has 0 fully saturated rings. The molecule has 0 aliphatic carbocycles. The number of anilines is 2. The first-order valence-electron chi connectivity index (χ1n) is 6.60. The summed E-state index contributed by atoms with van der Waals surface area (Å²) in [4.78, 5) is 11.5. The van der Waals surface area contributed by atoms with Gasteiger partial charge in [-0.15, -0.1) is 0 Å². The molecule has 4 heteroatoms. The van der Waals surface area contributed by atoms with Gasteiger partial charge in [-0.25, -0.2) is 0 Å². The van der Waals surface area contributed by atoms with Crippen molar-refractivity contribution in [3.8, 4) is 0 Å². The topological polar surface area (TPSA) is 67.2 Å². The summed E-state index contributed by atoms with van der Waals surface area (Å²) in [5, 5.41) is 5.87. The van der Waals surface area contributed by atoms with E-state index in [4.69, 9.17) is 5.73 Å². The van der Waals surface area contributed by atoms with Crippen molar-refractivity contribution in [3.05, 3.63) is 59.7 Å². The average molecular weight is 269 g/mol. The number of nitrogens with two attached hydrogens (primary N) is 1. The standard InChI is InChI=1S/C16H19N3O/c1-18-16(20)13-7-8-15(14(17)11-13)19-10-9-12-5-3-2-4-6-12/h2-8,11,19H,9-10,17H2,1H3,(H,18,20). The van der Waals surface area contributed by atoms with Crippen LogP contribution in [-0.4, -0.2) is 19.5 Å². The fourth-order valence-electron chi connectivity index (χ4n) is 2.00. The van der Waals surface area contributed by atoms with Crippen molar-refractivity contribution in [2.24, 2.45) is 0 Å². The second kappa shape index (κ2) is 6.61.